The molecule has 0 bridgehead atoms. The lowest BCUT2D eigenvalue weighted by Gasteiger charge is -2.06. The zero-order valence-electron chi connectivity index (χ0n) is 15.7. The van der Waals surface area contributed by atoms with Crippen LogP contribution >= 0.6 is 0 Å². The summed E-state index contributed by atoms with van der Waals surface area (Å²) < 4.78 is 9.40. The fourth-order valence-electron chi connectivity index (χ4n) is 2.57. The number of hydrogen-bond acceptors (Lipinski definition) is 4. The Balaban J connectivity index is 3.14. The van der Waals surface area contributed by atoms with Crippen LogP contribution in [-0.4, -0.2) is 32.3 Å². The minimum Gasteiger partial charge on any atom is -0.464 e. The van der Waals surface area contributed by atoms with Crippen LogP contribution in [0, 0.1) is 0 Å². The summed E-state index contributed by atoms with van der Waals surface area (Å²) in [5.41, 5.74) is 0. The summed E-state index contributed by atoms with van der Waals surface area (Å²) in [5.74, 6) is -0.417. The maximum absolute atomic E-state index is 11.3. The molecule has 0 saturated heterocycles. The minimum atomic E-state index is -0.618. The maximum atomic E-state index is 11.3. The van der Waals surface area contributed by atoms with E-state index in [1.165, 1.54) is 77.7 Å². The number of alkyl carbamates (subject to hydrolysis) is 1. The molecule has 0 rings (SSSR count). The van der Waals surface area contributed by atoms with Crippen molar-refractivity contribution in [1.82, 2.24) is 5.32 Å². The van der Waals surface area contributed by atoms with Gasteiger partial charge in [0.15, 0.2) is 0 Å². The monoisotopic (exact) mass is 343 g/mol. The molecule has 0 saturated carbocycles. The molecular weight excluding hydrogens is 306 g/mol. The first-order chi connectivity index (χ1) is 11.7. The van der Waals surface area contributed by atoms with Gasteiger partial charge in [0.25, 0.3) is 0 Å². The molecule has 1 amide bonds. The molecular formula is C19H37NO4. The highest BCUT2D eigenvalue weighted by atomic mass is 16.5. The third-order valence-corrected chi connectivity index (χ3v) is 4.07. The van der Waals surface area contributed by atoms with E-state index in [0.29, 0.717) is 6.61 Å². The van der Waals surface area contributed by atoms with Gasteiger partial charge in [-0.1, -0.05) is 84.0 Å². The van der Waals surface area contributed by atoms with Crippen LogP contribution in [0.5, 0.6) is 0 Å². The predicted molar refractivity (Wildman–Crippen MR) is 97.1 cm³/mol. The molecule has 0 aromatic rings. The van der Waals surface area contributed by atoms with E-state index < -0.39 is 12.1 Å². The van der Waals surface area contributed by atoms with E-state index in [1.807, 2.05) is 0 Å². The number of hydrogen-bond donors (Lipinski definition) is 1. The number of esters is 1. The summed E-state index contributed by atoms with van der Waals surface area (Å²) in [6, 6.07) is 0. The van der Waals surface area contributed by atoms with Crippen molar-refractivity contribution in [2.75, 3.05) is 20.3 Å². The zero-order chi connectivity index (χ0) is 17.9. The first kappa shape index (κ1) is 22.7. The van der Waals surface area contributed by atoms with Gasteiger partial charge in [-0.15, -0.1) is 0 Å². The standard InChI is InChI=1S/C19H37NO4/c1-3-4-5-6-7-8-9-10-11-12-13-14-15-16-24-18(21)17-20-19(22)23-2/h3-17H2,1-2H3,(H,20,22). The molecule has 0 fully saturated rings. The predicted octanol–water partition coefficient (Wildman–Crippen LogP) is 4.98. The van der Waals surface area contributed by atoms with Gasteiger partial charge in [0.05, 0.1) is 13.7 Å². The van der Waals surface area contributed by atoms with Crippen LogP contribution in [-0.2, 0) is 14.3 Å². The molecule has 5 heteroatoms. The molecule has 1 N–H and O–H groups in total. The van der Waals surface area contributed by atoms with Crippen molar-refractivity contribution < 1.29 is 19.1 Å². The normalized spacial score (nSPS) is 10.4. The number of unbranched alkanes of at least 4 members (excludes halogenated alkanes) is 12. The van der Waals surface area contributed by atoms with Crippen molar-refractivity contribution in [3.63, 3.8) is 0 Å². The Morgan fingerprint density at radius 3 is 1.67 bits per heavy atom. The number of rotatable bonds is 16. The number of nitrogens with one attached hydrogen (secondary N) is 1. The molecule has 0 aromatic heterocycles. The third-order valence-electron chi connectivity index (χ3n) is 4.07. The highest BCUT2D eigenvalue weighted by Crippen LogP contribution is 2.12. The van der Waals surface area contributed by atoms with Gasteiger partial charge in [-0.05, 0) is 6.42 Å². The van der Waals surface area contributed by atoms with Gasteiger partial charge < -0.3 is 14.8 Å². The van der Waals surface area contributed by atoms with E-state index in [0.717, 1.165) is 12.8 Å². The van der Waals surface area contributed by atoms with Gasteiger partial charge in [-0.2, -0.15) is 0 Å². The van der Waals surface area contributed by atoms with Crippen LogP contribution in [0.3, 0.4) is 0 Å². The van der Waals surface area contributed by atoms with Crippen LogP contribution in [0.25, 0.3) is 0 Å². The van der Waals surface area contributed by atoms with Crippen molar-refractivity contribution in [1.29, 1.82) is 0 Å². The molecule has 24 heavy (non-hydrogen) atoms. The molecule has 0 aromatic carbocycles. The SMILES string of the molecule is CCCCCCCCCCCCCCCOC(=O)CNC(=O)OC. The largest absolute Gasteiger partial charge is 0.464 e. The van der Waals surface area contributed by atoms with Crippen LogP contribution in [0.15, 0.2) is 0 Å². The zero-order valence-corrected chi connectivity index (χ0v) is 15.7. The summed E-state index contributed by atoms with van der Waals surface area (Å²) in [6.07, 6.45) is 16.2. The molecule has 142 valence electrons. The topological polar surface area (TPSA) is 64.6 Å². The number of carbonyl (C=O) groups is 2. The smallest absolute Gasteiger partial charge is 0.407 e. The van der Waals surface area contributed by atoms with Gasteiger partial charge in [0, 0.05) is 0 Å². The lowest BCUT2D eigenvalue weighted by atomic mass is 10.0. The van der Waals surface area contributed by atoms with E-state index in [9.17, 15) is 9.59 Å². The Kier molecular flexibility index (Phi) is 17.1. The molecule has 5 nitrogen and oxygen atoms in total. The number of ether oxygens (including phenoxy) is 2. The van der Waals surface area contributed by atoms with Crippen molar-refractivity contribution in [2.24, 2.45) is 0 Å². The second-order valence-electron chi connectivity index (χ2n) is 6.31. The quantitative estimate of drug-likeness (QED) is 0.317. The summed E-state index contributed by atoms with van der Waals surface area (Å²) in [5, 5.41) is 2.30. The molecule has 0 heterocycles. The highest BCUT2D eigenvalue weighted by molar-refractivity contribution is 5.77. The van der Waals surface area contributed by atoms with Crippen molar-refractivity contribution in [3.8, 4) is 0 Å². The van der Waals surface area contributed by atoms with Crippen LogP contribution in [0.1, 0.15) is 90.4 Å². The number of amides is 1. The van der Waals surface area contributed by atoms with Crippen molar-refractivity contribution >= 4 is 12.1 Å². The van der Waals surface area contributed by atoms with E-state index >= 15 is 0 Å². The Morgan fingerprint density at radius 1 is 0.750 bits per heavy atom. The van der Waals surface area contributed by atoms with Crippen LogP contribution in [0.2, 0.25) is 0 Å². The lowest BCUT2D eigenvalue weighted by molar-refractivity contribution is -0.142. The van der Waals surface area contributed by atoms with Gasteiger partial charge in [-0.25, -0.2) is 4.79 Å². The summed E-state index contributed by atoms with van der Waals surface area (Å²) in [7, 11) is 1.26. The molecule has 0 unspecified atom stereocenters. The fraction of sp³-hybridized carbons (Fsp3) is 0.895. The van der Waals surface area contributed by atoms with Crippen LogP contribution in [0.4, 0.5) is 4.79 Å². The minimum absolute atomic E-state index is 0.134. The summed E-state index contributed by atoms with van der Waals surface area (Å²) >= 11 is 0. The molecule has 0 radical (unpaired) electrons. The first-order valence-corrected chi connectivity index (χ1v) is 9.68. The second kappa shape index (κ2) is 18.1. The molecule has 0 aliphatic heterocycles. The first-order valence-electron chi connectivity index (χ1n) is 9.68. The number of methoxy groups -OCH3 is 1. The Hall–Kier alpha value is -1.26. The van der Waals surface area contributed by atoms with Gasteiger partial charge in [0.1, 0.15) is 6.54 Å². The van der Waals surface area contributed by atoms with E-state index in [4.69, 9.17) is 4.74 Å². The average molecular weight is 344 g/mol. The van der Waals surface area contributed by atoms with Crippen LogP contribution < -0.4 is 5.32 Å². The van der Waals surface area contributed by atoms with Gasteiger partial charge >= 0.3 is 12.1 Å². The third kappa shape index (κ3) is 17.1. The van der Waals surface area contributed by atoms with Crippen molar-refractivity contribution in [3.05, 3.63) is 0 Å². The molecule has 0 aliphatic rings. The van der Waals surface area contributed by atoms with E-state index in [2.05, 4.69) is 17.0 Å². The molecule has 0 aliphatic carbocycles. The number of carbonyl (C=O) groups excluding carboxylic acids is 2. The Labute approximate surface area is 147 Å². The van der Waals surface area contributed by atoms with E-state index in [1.54, 1.807) is 0 Å². The van der Waals surface area contributed by atoms with Crippen molar-refractivity contribution in [2.45, 2.75) is 90.4 Å². The summed E-state index contributed by atoms with van der Waals surface area (Å²) in [4.78, 5) is 22.1. The highest BCUT2D eigenvalue weighted by Gasteiger charge is 2.05. The Bertz CT molecular complexity index is 308. The van der Waals surface area contributed by atoms with Gasteiger partial charge in [-0.3, -0.25) is 4.79 Å². The Morgan fingerprint density at radius 2 is 1.21 bits per heavy atom. The maximum Gasteiger partial charge on any atom is 0.407 e. The summed E-state index contributed by atoms with van der Waals surface area (Å²) in [6.45, 7) is 2.55. The van der Waals surface area contributed by atoms with E-state index in [-0.39, 0.29) is 6.54 Å². The second-order valence-corrected chi connectivity index (χ2v) is 6.31. The lowest BCUT2D eigenvalue weighted by Crippen LogP contribution is -2.30. The fourth-order valence-corrected chi connectivity index (χ4v) is 2.57. The molecule has 0 spiro atoms. The molecule has 0 atom stereocenters. The average Bonchev–Trinajstić information content (AvgIpc) is 2.59. The van der Waals surface area contributed by atoms with Gasteiger partial charge in [0.2, 0.25) is 0 Å².